The Morgan fingerprint density at radius 2 is 2.15 bits per heavy atom. The first-order valence-electron chi connectivity index (χ1n) is 4.25. The first-order valence-corrected chi connectivity index (χ1v) is 4.25. The SMILES string of the molecule is CCOC(=O)[C@@H](N)CCCCO.Cl. The molecule has 0 unspecified atom stereocenters. The summed E-state index contributed by atoms with van der Waals surface area (Å²) >= 11 is 0. The summed E-state index contributed by atoms with van der Waals surface area (Å²) < 4.78 is 4.71. The molecule has 0 bridgehead atoms. The van der Waals surface area contributed by atoms with Gasteiger partial charge in [0.25, 0.3) is 0 Å². The van der Waals surface area contributed by atoms with Crippen LogP contribution in [0.5, 0.6) is 0 Å². The number of hydrogen-bond donors (Lipinski definition) is 2. The van der Waals surface area contributed by atoms with Gasteiger partial charge < -0.3 is 15.6 Å². The minimum atomic E-state index is -0.531. The van der Waals surface area contributed by atoms with Crippen molar-refractivity contribution >= 4 is 18.4 Å². The number of hydrogen-bond acceptors (Lipinski definition) is 4. The fourth-order valence-electron chi connectivity index (χ4n) is 0.843. The van der Waals surface area contributed by atoms with Crippen LogP contribution in [-0.4, -0.2) is 30.3 Å². The number of ether oxygens (including phenoxy) is 1. The first-order chi connectivity index (χ1) is 5.72. The molecule has 0 radical (unpaired) electrons. The predicted octanol–water partition coefficient (Wildman–Crippen LogP) is 0.461. The molecule has 5 heteroatoms. The van der Waals surface area contributed by atoms with Gasteiger partial charge in [0.15, 0.2) is 0 Å². The van der Waals surface area contributed by atoms with Crippen LogP contribution in [0, 0.1) is 0 Å². The van der Waals surface area contributed by atoms with Crippen LogP contribution in [0.25, 0.3) is 0 Å². The summed E-state index contributed by atoms with van der Waals surface area (Å²) in [5.41, 5.74) is 5.49. The van der Waals surface area contributed by atoms with Gasteiger partial charge >= 0.3 is 5.97 Å². The number of esters is 1. The smallest absolute Gasteiger partial charge is 0.322 e. The molecule has 0 aromatic heterocycles. The minimum Gasteiger partial charge on any atom is -0.465 e. The van der Waals surface area contributed by atoms with E-state index in [0.717, 1.165) is 6.42 Å². The standard InChI is InChI=1S/C8H17NO3.ClH/c1-2-12-8(11)7(9)5-3-4-6-10;/h7,10H,2-6,9H2,1H3;1H/t7-;/m0./s1. The van der Waals surface area contributed by atoms with E-state index in [-0.39, 0.29) is 25.0 Å². The van der Waals surface area contributed by atoms with Gasteiger partial charge in [0.05, 0.1) is 6.61 Å². The maximum atomic E-state index is 10.9. The lowest BCUT2D eigenvalue weighted by Crippen LogP contribution is -2.32. The fraction of sp³-hybridized carbons (Fsp3) is 0.875. The highest BCUT2D eigenvalue weighted by Gasteiger charge is 2.12. The zero-order valence-electron chi connectivity index (χ0n) is 7.86. The van der Waals surface area contributed by atoms with Gasteiger partial charge in [-0.1, -0.05) is 0 Å². The molecule has 0 fully saturated rings. The quantitative estimate of drug-likeness (QED) is 0.495. The predicted molar refractivity (Wildman–Crippen MR) is 52.8 cm³/mol. The second kappa shape index (κ2) is 9.77. The second-order valence-electron chi connectivity index (χ2n) is 2.58. The molecule has 0 aliphatic heterocycles. The van der Waals surface area contributed by atoms with Crippen LogP contribution in [0.3, 0.4) is 0 Å². The van der Waals surface area contributed by atoms with E-state index in [1.165, 1.54) is 0 Å². The third kappa shape index (κ3) is 8.02. The Kier molecular flexibility index (Phi) is 11.4. The highest BCUT2D eigenvalue weighted by atomic mass is 35.5. The molecular formula is C8H18ClNO3. The van der Waals surface area contributed by atoms with E-state index in [4.69, 9.17) is 15.6 Å². The summed E-state index contributed by atoms with van der Waals surface area (Å²) in [7, 11) is 0. The molecule has 0 aromatic rings. The molecular weight excluding hydrogens is 194 g/mol. The Labute approximate surface area is 84.9 Å². The molecule has 1 atom stereocenters. The first kappa shape index (κ1) is 15.2. The maximum Gasteiger partial charge on any atom is 0.322 e. The van der Waals surface area contributed by atoms with Crippen LogP contribution >= 0.6 is 12.4 Å². The van der Waals surface area contributed by atoms with Gasteiger partial charge in [-0.3, -0.25) is 4.79 Å². The molecule has 0 rings (SSSR count). The number of halogens is 1. The lowest BCUT2D eigenvalue weighted by Gasteiger charge is -2.09. The van der Waals surface area contributed by atoms with Crippen molar-refractivity contribution in [2.75, 3.05) is 13.2 Å². The molecule has 0 saturated carbocycles. The van der Waals surface area contributed by atoms with E-state index in [2.05, 4.69) is 0 Å². The zero-order chi connectivity index (χ0) is 9.40. The fourth-order valence-corrected chi connectivity index (χ4v) is 0.843. The summed E-state index contributed by atoms with van der Waals surface area (Å²) in [6.45, 7) is 2.26. The van der Waals surface area contributed by atoms with Gasteiger partial charge in [0.1, 0.15) is 6.04 Å². The van der Waals surface area contributed by atoms with E-state index in [0.29, 0.717) is 19.4 Å². The number of carbonyl (C=O) groups excluding carboxylic acids is 1. The topological polar surface area (TPSA) is 72.5 Å². The summed E-state index contributed by atoms with van der Waals surface area (Å²) in [6, 6.07) is -0.531. The third-order valence-electron chi connectivity index (χ3n) is 1.51. The summed E-state index contributed by atoms with van der Waals surface area (Å²) in [5.74, 6) is -0.351. The van der Waals surface area contributed by atoms with Gasteiger partial charge in [-0.25, -0.2) is 0 Å². The Hall–Kier alpha value is -0.320. The average Bonchev–Trinajstić information content (AvgIpc) is 2.05. The summed E-state index contributed by atoms with van der Waals surface area (Å²) in [5, 5.41) is 8.46. The van der Waals surface area contributed by atoms with Crippen LogP contribution in [-0.2, 0) is 9.53 Å². The van der Waals surface area contributed by atoms with Crippen LogP contribution < -0.4 is 5.73 Å². The number of carbonyl (C=O) groups is 1. The normalized spacial score (nSPS) is 11.6. The molecule has 0 aromatic carbocycles. The molecule has 4 nitrogen and oxygen atoms in total. The van der Waals surface area contributed by atoms with E-state index in [9.17, 15) is 4.79 Å². The third-order valence-corrected chi connectivity index (χ3v) is 1.51. The maximum absolute atomic E-state index is 10.9. The van der Waals surface area contributed by atoms with Crippen molar-refractivity contribution in [1.29, 1.82) is 0 Å². The van der Waals surface area contributed by atoms with Crippen molar-refractivity contribution in [3.05, 3.63) is 0 Å². The molecule has 0 saturated heterocycles. The zero-order valence-corrected chi connectivity index (χ0v) is 8.68. The van der Waals surface area contributed by atoms with Gasteiger partial charge in [-0.05, 0) is 26.2 Å². The lowest BCUT2D eigenvalue weighted by molar-refractivity contribution is -0.144. The monoisotopic (exact) mass is 211 g/mol. The highest BCUT2D eigenvalue weighted by Crippen LogP contribution is 1.99. The van der Waals surface area contributed by atoms with Crippen molar-refractivity contribution < 1.29 is 14.6 Å². The number of aliphatic hydroxyl groups excluding tert-OH is 1. The Morgan fingerprint density at radius 1 is 1.54 bits per heavy atom. The molecule has 0 amide bonds. The van der Waals surface area contributed by atoms with Crippen molar-refractivity contribution in [3.63, 3.8) is 0 Å². The Balaban J connectivity index is 0. The summed E-state index contributed by atoms with van der Waals surface area (Å²) in [4.78, 5) is 10.9. The molecule has 0 heterocycles. The van der Waals surface area contributed by atoms with Crippen LogP contribution in [0.15, 0.2) is 0 Å². The van der Waals surface area contributed by atoms with Crippen molar-refractivity contribution in [2.24, 2.45) is 5.73 Å². The highest BCUT2D eigenvalue weighted by molar-refractivity contribution is 5.85. The van der Waals surface area contributed by atoms with Crippen LogP contribution in [0.1, 0.15) is 26.2 Å². The molecule has 3 N–H and O–H groups in total. The second-order valence-corrected chi connectivity index (χ2v) is 2.58. The van der Waals surface area contributed by atoms with Crippen LogP contribution in [0.4, 0.5) is 0 Å². The Bertz CT molecular complexity index is 133. The van der Waals surface area contributed by atoms with Gasteiger partial charge in [-0.15, -0.1) is 12.4 Å². The van der Waals surface area contributed by atoms with E-state index in [1.54, 1.807) is 6.92 Å². The van der Waals surface area contributed by atoms with E-state index in [1.807, 2.05) is 0 Å². The van der Waals surface area contributed by atoms with Crippen molar-refractivity contribution in [2.45, 2.75) is 32.2 Å². The molecule has 0 aliphatic carbocycles. The van der Waals surface area contributed by atoms with E-state index >= 15 is 0 Å². The van der Waals surface area contributed by atoms with Gasteiger partial charge in [-0.2, -0.15) is 0 Å². The number of nitrogens with two attached hydrogens (primary N) is 1. The molecule has 80 valence electrons. The summed E-state index contributed by atoms with van der Waals surface area (Å²) in [6.07, 6.45) is 2.03. The minimum absolute atomic E-state index is 0. The molecule has 0 aliphatic rings. The molecule has 13 heavy (non-hydrogen) atoms. The van der Waals surface area contributed by atoms with E-state index < -0.39 is 6.04 Å². The van der Waals surface area contributed by atoms with Gasteiger partial charge in [0.2, 0.25) is 0 Å². The molecule has 0 spiro atoms. The average molecular weight is 212 g/mol. The lowest BCUT2D eigenvalue weighted by atomic mass is 10.1. The van der Waals surface area contributed by atoms with Crippen molar-refractivity contribution in [3.8, 4) is 0 Å². The van der Waals surface area contributed by atoms with Crippen molar-refractivity contribution in [1.82, 2.24) is 0 Å². The largest absolute Gasteiger partial charge is 0.465 e. The number of aliphatic hydroxyl groups is 1. The number of rotatable bonds is 6. The number of unbranched alkanes of at least 4 members (excludes halogenated alkanes) is 1. The van der Waals surface area contributed by atoms with Gasteiger partial charge in [0, 0.05) is 6.61 Å². The van der Waals surface area contributed by atoms with Crippen LogP contribution in [0.2, 0.25) is 0 Å². The Morgan fingerprint density at radius 3 is 2.62 bits per heavy atom.